The molecular weight excluding hydrogens is 212 g/mol. The fraction of sp³-hybridized carbons (Fsp3) is 0.286. The topological polar surface area (TPSA) is 38.9 Å². The second kappa shape index (κ2) is 4.97. The first-order valence-electron chi connectivity index (χ1n) is 3.23. The van der Waals surface area contributed by atoms with Crippen LogP contribution in [0.3, 0.4) is 0 Å². The lowest BCUT2D eigenvalue weighted by molar-refractivity contribution is 0.852. The second-order valence-electron chi connectivity index (χ2n) is 2.24. The van der Waals surface area contributed by atoms with Crippen molar-refractivity contribution in [1.82, 2.24) is 4.98 Å². The zero-order chi connectivity index (χ0) is 8.32. The van der Waals surface area contributed by atoms with Crippen molar-refractivity contribution in [2.24, 2.45) is 5.73 Å². The van der Waals surface area contributed by atoms with Gasteiger partial charge in [-0.15, -0.1) is 12.4 Å². The van der Waals surface area contributed by atoms with E-state index in [-0.39, 0.29) is 12.4 Å². The summed E-state index contributed by atoms with van der Waals surface area (Å²) < 4.78 is -0.610. The predicted molar refractivity (Wildman–Crippen MR) is 60.2 cm³/mol. The Balaban J connectivity index is 0.00000121. The number of nitrogens with two attached hydrogens (primary N) is 1. The van der Waals surface area contributed by atoms with Gasteiger partial charge in [0.05, 0.1) is 5.69 Å². The van der Waals surface area contributed by atoms with E-state index in [1.807, 2.05) is 18.2 Å². The molecule has 0 atom stereocenters. The molecule has 0 saturated carbocycles. The lowest BCUT2D eigenvalue weighted by Crippen LogP contribution is -2.23. The zero-order valence-electron chi connectivity index (χ0n) is 6.34. The molecule has 0 fully saturated rings. The molecule has 1 aromatic heterocycles. The van der Waals surface area contributed by atoms with E-state index in [4.69, 9.17) is 5.73 Å². The summed E-state index contributed by atoms with van der Waals surface area (Å²) >= 11 is 8.51. The predicted octanol–water partition coefficient (Wildman–Crippen LogP) is 1.47. The Morgan fingerprint density at radius 3 is 2.50 bits per heavy atom. The van der Waals surface area contributed by atoms with Crippen molar-refractivity contribution in [3.05, 3.63) is 30.1 Å². The molecule has 0 bridgehead atoms. The number of rotatable bonds is 2. The SMILES string of the molecule is Cl.NCC(S)(S)c1ccccn1. The quantitative estimate of drug-likeness (QED) is 0.524. The van der Waals surface area contributed by atoms with Crippen molar-refractivity contribution in [3.8, 4) is 0 Å². The van der Waals surface area contributed by atoms with Gasteiger partial charge < -0.3 is 5.73 Å². The summed E-state index contributed by atoms with van der Waals surface area (Å²) in [4.78, 5) is 4.09. The van der Waals surface area contributed by atoms with Crippen LogP contribution in [0.25, 0.3) is 0 Å². The van der Waals surface area contributed by atoms with Gasteiger partial charge in [0.2, 0.25) is 0 Å². The van der Waals surface area contributed by atoms with Crippen LogP contribution in [0.4, 0.5) is 0 Å². The normalized spacial score (nSPS) is 10.6. The van der Waals surface area contributed by atoms with Gasteiger partial charge in [0.1, 0.15) is 4.08 Å². The molecule has 2 N–H and O–H groups in total. The van der Waals surface area contributed by atoms with Crippen molar-refractivity contribution in [1.29, 1.82) is 0 Å². The smallest absolute Gasteiger partial charge is 0.110 e. The van der Waals surface area contributed by atoms with E-state index in [1.54, 1.807) is 6.20 Å². The minimum Gasteiger partial charge on any atom is -0.328 e. The molecular formula is C7H11ClN2S2. The summed E-state index contributed by atoms with van der Waals surface area (Å²) in [7, 11) is 0. The number of aromatic nitrogens is 1. The van der Waals surface area contributed by atoms with Gasteiger partial charge in [-0.05, 0) is 12.1 Å². The van der Waals surface area contributed by atoms with Crippen LogP contribution in [0.15, 0.2) is 24.4 Å². The molecule has 0 unspecified atom stereocenters. The van der Waals surface area contributed by atoms with Crippen LogP contribution >= 0.6 is 37.7 Å². The maximum atomic E-state index is 5.45. The first-order valence-corrected chi connectivity index (χ1v) is 4.12. The highest BCUT2D eigenvalue weighted by Gasteiger charge is 2.21. The van der Waals surface area contributed by atoms with Crippen LogP contribution in [0, 0.1) is 0 Å². The molecule has 1 heterocycles. The number of nitrogens with zero attached hydrogens (tertiary/aromatic N) is 1. The fourth-order valence-corrected chi connectivity index (χ4v) is 0.969. The first-order chi connectivity index (χ1) is 5.17. The Morgan fingerprint density at radius 1 is 1.42 bits per heavy atom. The molecule has 2 nitrogen and oxygen atoms in total. The minimum absolute atomic E-state index is 0. The van der Waals surface area contributed by atoms with E-state index in [0.717, 1.165) is 5.69 Å². The molecule has 0 amide bonds. The molecule has 1 rings (SSSR count). The molecule has 0 spiro atoms. The second-order valence-corrected chi connectivity index (χ2v) is 4.12. The van der Waals surface area contributed by atoms with Crippen LogP contribution in [0.5, 0.6) is 0 Å². The number of pyridine rings is 1. The maximum Gasteiger partial charge on any atom is 0.110 e. The number of hydrogen-bond acceptors (Lipinski definition) is 4. The van der Waals surface area contributed by atoms with Crippen LogP contribution in [0.2, 0.25) is 0 Å². The Morgan fingerprint density at radius 2 is 2.08 bits per heavy atom. The average molecular weight is 223 g/mol. The summed E-state index contributed by atoms with van der Waals surface area (Å²) in [5.74, 6) is 0. The Kier molecular flexibility index (Phi) is 5.01. The summed E-state index contributed by atoms with van der Waals surface area (Å²) in [6.45, 7) is 0.357. The van der Waals surface area contributed by atoms with E-state index >= 15 is 0 Å². The van der Waals surface area contributed by atoms with Crippen molar-refractivity contribution < 1.29 is 0 Å². The molecule has 0 aliphatic rings. The number of hydrogen-bond donors (Lipinski definition) is 3. The van der Waals surface area contributed by atoms with Gasteiger partial charge in [-0.25, -0.2) is 0 Å². The third kappa shape index (κ3) is 2.86. The third-order valence-corrected chi connectivity index (χ3v) is 2.18. The number of thiol groups is 2. The summed E-state index contributed by atoms with van der Waals surface area (Å²) in [6, 6.07) is 5.59. The van der Waals surface area contributed by atoms with Crippen molar-refractivity contribution in [3.63, 3.8) is 0 Å². The van der Waals surface area contributed by atoms with Crippen LogP contribution in [0.1, 0.15) is 5.69 Å². The van der Waals surface area contributed by atoms with Crippen LogP contribution in [-0.2, 0) is 4.08 Å². The summed E-state index contributed by atoms with van der Waals surface area (Å²) in [5.41, 5.74) is 6.23. The van der Waals surface area contributed by atoms with Crippen molar-refractivity contribution >= 4 is 37.7 Å². The van der Waals surface area contributed by atoms with Gasteiger partial charge >= 0.3 is 0 Å². The molecule has 0 saturated heterocycles. The lowest BCUT2D eigenvalue weighted by atomic mass is 10.2. The third-order valence-electron chi connectivity index (χ3n) is 1.36. The minimum atomic E-state index is -0.610. The number of halogens is 1. The van der Waals surface area contributed by atoms with Crippen LogP contribution < -0.4 is 5.73 Å². The molecule has 5 heteroatoms. The van der Waals surface area contributed by atoms with E-state index in [2.05, 4.69) is 30.2 Å². The van der Waals surface area contributed by atoms with Crippen molar-refractivity contribution in [2.75, 3.05) is 6.54 Å². The Hall–Kier alpha value is 0.1000. The maximum absolute atomic E-state index is 5.45. The molecule has 0 aliphatic carbocycles. The lowest BCUT2D eigenvalue weighted by Gasteiger charge is -2.18. The summed E-state index contributed by atoms with van der Waals surface area (Å²) in [5, 5.41) is 0. The van der Waals surface area contributed by atoms with Gasteiger partial charge in [-0.2, -0.15) is 25.3 Å². The van der Waals surface area contributed by atoms with Gasteiger partial charge in [0.25, 0.3) is 0 Å². The molecule has 68 valence electrons. The standard InChI is InChI=1S/C7H10N2S2.ClH/c8-5-7(10,11)6-3-1-2-4-9-6;/h1-4,10-11H,5,8H2;1H. The van der Waals surface area contributed by atoms with E-state index < -0.39 is 4.08 Å². The molecule has 1 aromatic rings. The highest BCUT2D eigenvalue weighted by molar-refractivity contribution is 7.99. The van der Waals surface area contributed by atoms with Gasteiger partial charge in [0, 0.05) is 12.7 Å². The zero-order valence-corrected chi connectivity index (χ0v) is 8.95. The first kappa shape index (κ1) is 12.1. The van der Waals surface area contributed by atoms with E-state index in [9.17, 15) is 0 Å². The molecule has 12 heavy (non-hydrogen) atoms. The van der Waals surface area contributed by atoms with Gasteiger partial charge in [0.15, 0.2) is 0 Å². The van der Waals surface area contributed by atoms with Gasteiger partial charge in [-0.1, -0.05) is 6.07 Å². The average Bonchev–Trinajstić information content (AvgIpc) is 2.06. The highest BCUT2D eigenvalue weighted by atomic mass is 35.5. The Bertz CT molecular complexity index is 228. The van der Waals surface area contributed by atoms with Crippen LogP contribution in [-0.4, -0.2) is 11.5 Å². The molecule has 0 aromatic carbocycles. The largest absolute Gasteiger partial charge is 0.328 e. The monoisotopic (exact) mass is 222 g/mol. The van der Waals surface area contributed by atoms with Crippen molar-refractivity contribution in [2.45, 2.75) is 4.08 Å². The Labute approximate surface area is 89.2 Å². The fourth-order valence-electron chi connectivity index (χ4n) is 0.704. The van der Waals surface area contributed by atoms with E-state index in [0.29, 0.717) is 6.54 Å². The summed E-state index contributed by atoms with van der Waals surface area (Å²) in [6.07, 6.45) is 1.70. The van der Waals surface area contributed by atoms with E-state index in [1.165, 1.54) is 0 Å². The highest BCUT2D eigenvalue weighted by Crippen LogP contribution is 2.29. The van der Waals surface area contributed by atoms with Gasteiger partial charge in [-0.3, -0.25) is 4.98 Å². The molecule has 0 aliphatic heterocycles. The molecule has 0 radical (unpaired) electrons.